The van der Waals surface area contributed by atoms with Crippen LogP contribution in [0, 0.1) is 6.92 Å². The maximum atomic E-state index is 12.1. The molecule has 3 aromatic rings. The molecule has 0 atom stereocenters. The third-order valence-electron chi connectivity index (χ3n) is 3.51. The lowest BCUT2D eigenvalue weighted by atomic mass is 10.1. The van der Waals surface area contributed by atoms with Crippen molar-refractivity contribution in [3.63, 3.8) is 0 Å². The second kappa shape index (κ2) is 6.87. The summed E-state index contributed by atoms with van der Waals surface area (Å²) >= 11 is 0. The molecule has 0 unspecified atom stereocenters. The zero-order valence-corrected chi connectivity index (χ0v) is 12.8. The maximum Gasteiger partial charge on any atom is 0.251 e. The van der Waals surface area contributed by atoms with E-state index in [1.807, 2.05) is 61.5 Å². The third kappa shape index (κ3) is 3.63. The first-order valence-electron chi connectivity index (χ1n) is 7.46. The van der Waals surface area contributed by atoms with E-state index in [4.69, 9.17) is 4.52 Å². The summed E-state index contributed by atoms with van der Waals surface area (Å²) in [6.07, 6.45) is 0.497. The molecule has 1 aromatic heterocycles. The Bertz CT molecular complexity index is 797. The summed E-state index contributed by atoms with van der Waals surface area (Å²) in [5.74, 6) is 0.977. The Kier molecular flexibility index (Phi) is 4.47. The lowest BCUT2D eigenvalue weighted by Gasteiger charge is -2.05. The highest BCUT2D eigenvalue weighted by Gasteiger charge is 2.10. The molecule has 0 spiro atoms. The van der Waals surface area contributed by atoms with Crippen LogP contribution in [-0.4, -0.2) is 22.6 Å². The fourth-order valence-electron chi connectivity index (χ4n) is 2.27. The van der Waals surface area contributed by atoms with Crippen molar-refractivity contribution < 1.29 is 9.32 Å². The number of nitrogens with zero attached hydrogens (tertiary/aromatic N) is 2. The Balaban J connectivity index is 1.56. The van der Waals surface area contributed by atoms with Gasteiger partial charge in [-0.25, -0.2) is 0 Å². The molecular weight excluding hydrogens is 290 g/mol. The van der Waals surface area contributed by atoms with Gasteiger partial charge in [-0.15, -0.1) is 0 Å². The predicted octanol–water partition coefficient (Wildman–Crippen LogP) is 3.02. The van der Waals surface area contributed by atoms with Crippen LogP contribution in [0.2, 0.25) is 0 Å². The Morgan fingerprint density at radius 3 is 2.61 bits per heavy atom. The van der Waals surface area contributed by atoms with E-state index in [0.717, 1.165) is 11.1 Å². The van der Waals surface area contributed by atoms with Crippen molar-refractivity contribution in [1.82, 2.24) is 15.5 Å². The molecule has 0 aliphatic rings. The first kappa shape index (κ1) is 15.0. The monoisotopic (exact) mass is 307 g/mol. The molecule has 0 radical (unpaired) electrons. The summed E-state index contributed by atoms with van der Waals surface area (Å²) in [5.41, 5.74) is 2.55. The number of carbonyl (C=O) groups is 1. The first-order chi connectivity index (χ1) is 11.2. The van der Waals surface area contributed by atoms with Gasteiger partial charge in [0.2, 0.25) is 11.7 Å². The normalized spacial score (nSPS) is 10.5. The van der Waals surface area contributed by atoms with Crippen LogP contribution in [0.3, 0.4) is 0 Å². The molecule has 23 heavy (non-hydrogen) atoms. The molecule has 0 aliphatic carbocycles. The smallest absolute Gasteiger partial charge is 0.251 e. The van der Waals surface area contributed by atoms with Gasteiger partial charge in [-0.1, -0.05) is 53.7 Å². The molecule has 3 rings (SSSR count). The quantitative estimate of drug-likeness (QED) is 0.786. The van der Waals surface area contributed by atoms with E-state index in [-0.39, 0.29) is 5.91 Å². The standard InChI is InChI=1S/C18H17N3O2/c1-13-7-5-6-10-15(13)18(22)19-12-11-16-20-17(21-23-16)14-8-3-2-4-9-14/h2-10H,11-12H2,1H3,(H,19,22). The Hall–Kier alpha value is -2.95. The number of amides is 1. The molecule has 1 heterocycles. The predicted molar refractivity (Wildman–Crippen MR) is 87.0 cm³/mol. The molecule has 1 N–H and O–H groups in total. The number of aromatic nitrogens is 2. The van der Waals surface area contributed by atoms with Gasteiger partial charge in [-0.05, 0) is 18.6 Å². The number of rotatable bonds is 5. The maximum absolute atomic E-state index is 12.1. The van der Waals surface area contributed by atoms with Crippen molar-refractivity contribution in [3.05, 3.63) is 71.6 Å². The molecule has 1 amide bonds. The lowest BCUT2D eigenvalue weighted by molar-refractivity contribution is 0.0953. The number of aryl methyl sites for hydroxylation is 1. The lowest BCUT2D eigenvalue weighted by Crippen LogP contribution is -2.26. The van der Waals surface area contributed by atoms with Gasteiger partial charge in [0.1, 0.15) is 0 Å². The van der Waals surface area contributed by atoms with Crippen LogP contribution in [-0.2, 0) is 6.42 Å². The fraction of sp³-hybridized carbons (Fsp3) is 0.167. The largest absolute Gasteiger partial charge is 0.352 e. The van der Waals surface area contributed by atoms with Crippen molar-refractivity contribution in [1.29, 1.82) is 0 Å². The molecule has 0 saturated carbocycles. The van der Waals surface area contributed by atoms with Crippen LogP contribution in [0.1, 0.15) is 21.8 Å². The molecule has 5 heteroatoms. The fourth-order valence-corrected chi connectivity index (χ4v) is 2.27. The van der Waals surface area contributed by atoms with Crippen LogP contribution >= 0.6 is 0 Å². The van der Waals surface area contributed by atoms with Crippen molar-refractivity contribution in [3.8, 4) is 11.4 Å². The molecule has 0 aliphatic heterocycles. The molecule has 0 fully saturated rings. The number of nitrogens with one attached hydrogen (secondary N) is 1. The van der Waals surface area contributed by atoms with Gasteiger partial charge in [0.05, 0.1) is 0 Å². The van der Waals surface area contributed by atoms with Crippen LogP contribution in [0.4, 0.5) is 0 Å². The number of hydrogen-bond acceptors (Lipinski definition) is 4. The van der Waals surface area contributed by atoms with Gasteiger partial charge in [0, 0.05) is 24.1 Å². The topological polar surface area (TPSA) is 68.0 Å². The van der Waals surface area contributed by atoms with Crippen LogP contribution in [0.5, 0.6) is 0 Å². The van der Waals surface area contributed by atoms with E-state index in [2.05, 4.69) is 15.5 Å². The van der Waals surface area contributed by atoms with E-state index in [9.17, 15) is 4.79 Å². The Morgan fingerprint density at radius 1 is 1.09 bits per heavy atom. The van der Waals surface area contributed by atoms with Crippen molar-refractivity contribution in [2.45, 2.75) is 13.3 Å². The van der Waals surface area contributed by atoms with Crippen molar-refractivity contribution in [2.75, 3.05) is 6.54 Å². The molecule has 0 saturated heterocycles. The summed E-state index contributed by atoms with van der Waals surface area (Å²) in [5, 5.41) is 6.83. The zero-order chi connectivity index (χ0) is 16.1. The molecule has 2 aromatic carbocycles. The minimum atomic E-state index is -0.0918. The van der Waals surface area contributed by atoms with Gasteiger partial charge in [0.15, 0.2) is 0 Å². The molecular formula is C18H17N3O2. The van der Waals surface area contributed by atoms with E-state index in [1.165, 1.54) is 0 Å². The Labute approximate surface area is 134 Å². The molecule has 116 valence electrons. The number of carbonyl (C=O) groups excluding carboxylic acids is 1. The summed E-state index contributed by atoms with van der Waals surface area (Å²) < 4.78 is 5.22. The zero-order valence-electron chi connectivity index (χ0n) is 12.8. The summed E-state index contributed by atoms with van der Waals surface area (Å²) in [6, 6.07) is 17.1. The summed E-state index contributed by atoms with van der Waals surface area (Å²) in [4.78, 5) is 16.4. The average molecular weight is 307 g/mol. The van der Waals surface area contributed by atoms with Crippen LogP contribution in [0.25, 0.3) is 11.4 Å². The Morgan fingerprint density at radius 2 is 1.83 bits per heavy atom. The van der Waals surface area contributed by atoms with E-state index >= 15 is 0 Å². The summed E-state index contributed by atoms with van der Waals surface area (Å²) in [7, 11) is 0. The number of benzene rings is 2. The average Bonchev–Trinajstić information content (AvgIpc) is 3.05. The van der Waals surface area contributed by atoms with E-state index in [0.29, 0.717) is 30.2 Å². The minimum Gasteiger partial charge on any atom is -0.352 e. The SMILES string of the molecule is Cc1ccccc1C(=O)NCCc1nc(-c2ccccc2)no1. The van der Waals surface area contributed by atoms with E-state index < -0.39 is 0 Å². The van der Waals surface area contributed by atoms with Gasteiger partial charge < -0.3 is 9.84 Å². The summed E-state index contributed by atoms with van der Waals surface area (Å²) in [6.45, 7) is 2.36. The second-order valence-corrected chi connectivity index (χ2v) is 5.20. The van der Waals surface area contributed by atoms with Crippen LogP contribution in [0.15, 0.2) is 59.1 Å². The van der Waals surface area contributed by atoms with Crippen molar-refractivity contribution in [2.24, 2.45) is 0 Å². The van der Waals surface area contributed by atoms with Gasteiger partial charge in [-0.2, -0.15) is 4.98 Å². The highest BCUT2D eigenvalue weighted by molar-refractivity contribution is 5.95. The molecule has 5 nitrogen and oxygen atoms in total. The second-order valence-electron chi connectivity index (χ2n) is 5.20. The van der Waals surface area contributed by atoms with Gasteiger partial charge in [-0.3, -0.25) is 4.79 Å². The van der Waals surface area contributed by atoms with Crippen LogP contribution < -0.4 is 5.32 Å². The van der Waals surface area contributed by atoms with E-state index in [1.54, 1.807) is 0 Å². The third-order valence-corrected chi connectivity index (χ3v) is 3.51. The highest BCUT2D eigenvalue weighted by Crippen LogP contribution is 2.14. The minimum absolute atomic E-state index is 0.0918. The van der Waals surface area contributed by atoms with Crippen molar-refractivity contribution >= 4 is 5.91 Å². The first-order valence-corrected chi connectivity index (χ1v) is 7.46. The van der Waals surface area contributed by atoms with Gasteiger partial charge in [0.25, 0.3) is 5.91 Å². The number of hydrogen-bond donors (Lipinski definition) is 1. The molecule has 0 bridgehead atoms. The highest BCUT2D eigenvalue weighted by atomic mass is 16.5. The van der Waals surface area contributed by atoms with Gasteiger partial charge >= 0.3 is 0 Å².